The van der Waals surface area contributed by atoms with Crippen LogP contribution in [0.25, 0.3) is 0 Å². The Labute approximate surface area is 108 Å². The summed E-state index contributed by atoms with van der Waals surface area (Å²) in [5.74, 6) is -0.971. The topological polar surface area (TPSA) is 78.4 Å². The van der Waals surface area contributed by atoms with Gasteiger partial charge in [0.2, 0.25) is 0 Å². The second-order valence-electron chi connectivity index (χ2n) is 5.21. The van der Waals surface area contributed by atoms with Gasteiger partial charge >= 0.3 is 12.0 Å². The Hall–Kier alpha value is -1.26. The number of urea groups is 1. The predicted octanol–water partition coefficient (Wildman–Crippen LogP) is 2.12. The number of carboxylic acid groups (broad SMARTS) is 1. The molecule has 0 aromatic rings. The monoisotopic (exact) mass is 256 g/mol. The van der Waals surface area contributed by atoms with Crippen LogP contribution in [0, 0.1) is 5.41 Å². The van der Waals surface area contributed by atoms with Crippen LogP contribution < -0.4 is 10.6 Å². The maximum atomic E-state index is 11.6. The zero-order valence-electron chi connectivity index (χ0n) is 11.3. The molecular formula is C13H24N2O3. The number of hydrogen-bond acceptors (Lipinski definition) is 2. The van der Waals surface area contributed by atoms with Crippen molar-refractivity contribution in [1.29, 1.82) is 0 Å². The lowest BCUT2D eigenvalue weighted by molar-refractivity contribution is -0.139. The van der Waals surface area contributed by atoms with Crippen molar-refractivity contribution in [2.75, 3.05) is 6.54 Å². The van der Waals surface area contributed by atoms with Gasteiger partial charge < -0.3 is 15.7 Å². The first kappa shape index (κ1) is 14.8. The van der Waals surface area contributed by atoms with E-state index in [2.05, 4.69) is 17.6 Å². The standard InChI is InChI=1S/C13H24N2O3/c1-3-6-10(11(16)17)15-12(18)14-9-13(4-2)7-5-8-13/h10H,3-9H2,1-2H3,(H,16,17)(H2,14,15,18). The van der Waals surface area contributed by atoms with Crippen molar-refractivity contribution in [3.05, 3.63) is 0 Å². The van der Waals surface area contributed by atoms with Crippen LogP contribution >= 0.6 is 0 Å². The molecular weight excluding hydrogens is 232 g/mol. The Bertz CT molecular complexity index is 295. The molecule has 0 aromatic heterocycles. The third-order valence-electron chi connectivity index (χ3n) is 3.97. The first-order valence-corrected chi connectivity index (χ1v) is 6.80. The van der Waals surface area contributed by atoms with Crippen molar-refractivity contribution in [1.82, 2.24) is 10.6 Å². The Balaban J connectivity index is 2.33. The zero-order valence-corrected chi connectivity index (χ0v) is 11.3. The highest BCUT2D eigenvalue weighted by Crippen LogP contribution is 2.42. The lowest BCUT2D eigenvalue weighted by Crippen LogP contribution is -2.49. The van der Waals surface area contributed by atoms with Crippen molar-refractivity contribution in [2.45, 2.75) is 58.4 Å². The van der Waals surface area contributed by atoms with Crippen LogP contribution in [0.2, 0.25) is 0 Å². The van der Waals surface area contributed by atoms with E-state index >= 15 is 0 Å². The first-order valence-electron chi connectivity index (χ1n) is 6.80. The molecule has 104 valence electrons. The molecule has 3 N–H and O–H groups in total. The molecule has 1 saturated carbocycles. The molecule has 0 aliphatic heterocycles. The van der Waals surface area contributed by atoms with Gasteiger partial charge in [0.05, 0.1) is 0 Å². The fourth-order valence-electron chi connectivity index (χ4n) is 2.36. The quantitative estimate of drug-likeness (QED) is 0.653. The number of nitrogens with one attached hydrogen (secondary N) is 2. The molecule has 1 aliphatic rings. The SMILES string of the molecule is CCCC(NC(=O)NCC1(CC)CCC1)C(=O)O. The summed E-state index contributed by atoms with van der Waals surface area (Å²) < 4.78 is 0. The van der Waals surface area contributed by atoms with Gasteiger partial charge in [-0.15, -0.1) is 0 Å². The van der Waals surface area contributed by atoms with Gasteiger partial charge in [-0.25, -0.2) is 9.59 Å². The Morgan fingerprint density at radius 3 is 2.39 bits per heavy atom. The summed E-state index contributed by atoms with van der Waals surface area (Å²) >= 11 is 0. The maximum absolute atomic E-state index is 11.6. The predicted molar refractivity (Wildman–Crippen MR) is 69.4 cm³/mol. The highest BCUT2D eigenvalue weighted by atomic mass is 16.4. The third kappa shape index (κ3) is 3.89. The van der Waals surface area contributed by atoms with Crippen LogP contribution in [0.3, 0.4) is 0 Å². The molecule has 0 spiro atoms. The van der Waals surface area contributed by atoms with E-state index < -0.39 is 12.0 Å². The number of carboxylic acids is 1. The molecule has 1 unspecified atom stereocenters. The van der Waals surface area contributed by atoms with Gasteiger partial charge in [0.1, 0.15) is 6.04 Å². The number of aliphatic carboxylic acids is 1. The van der Waals surface area contributed by atoms with Gasteiger partial charge in [-0.3, -0.25) is 0 Å². The van der Waals surface area contributed by atoms with E-state index in [9.17, 15) is 9.59 Å². The van der Waals surface area contributed by atoms with Crippen molar-refractivity contribution in [3.63, 3.8) is 0 Å². The van der Waals surface area contributed by atoms with Crippen molar-refractivity contribution >= 4 is 12.0 Å². The molecule has 5 nitrogen and oxygen atoms in total. The van der Waals surface area contributed by atoms with Gasteiger partial charge in [0, 0.05) is 6.54 Å². The van der Waals surface area contributed by atoms with Crippen LogP contribution in [0.15, 0.2) is 0 Å². The number of hydrogen-bond donors (Lipinski definition) is 3. The summed E-state index contributed by atoms with van der Waals surface area (Å²) in [6.07, 6.45) is 5.79. The molecule has 5 heteroatoms. The van der Waals surface area contributed by atoms with Crippen molar-refractivity contribution in [2.24, 2.45) is 5.41 Å². The van der Waals surface area contributed by atoms with E-state index in [-0.39, 0.29) is 11.4 Å². The zero-order chi connectivity index (χ0) is 13.6. The van der Waals surface area contributed by atoms with Gasteiger partial charge in [-0.1, -0.05) is 26.7 Å². The molecule has 1 atom stereocenters. The minimum Gasteiger partial charge on any atom is -0.480 e. The second kappa shape index (κ2) is 6.61. The van der Waals surface area contributed by atoms with E-state index in [0.29, 0.717) is 13.0 Å². The second-order valence-corrected chi connectivity index (χ2v) is 5.21. The van der Waals surface area contributed by atoms with Crippen molar-refractivity contribution < 1.29 is 14.7 Å². The van der Waals surface area contributed by atoms with E-state index in [1.807, 2.05) is 6.92 Å². The molecule has 2 amide bonds. The van der Waals surface area contributed by atoms with Gasteiger partial charge in [0.15, 0.2) is 0 Å². The van der Waals surface area contributed by atoms with E-state index in [1.165, 1.54) is 6.42 Å². The highest BCUT2D eigenvalue weighted by molar-refractivity contribution is 5.82. The number of carbonyl (C=O) groups is 2. The van der Waals surface area contributed by atoms with E-state index in [0.717, 1.165) is 25.7 Å². The van der Waals surface area contributed by atoms with Gasteiger partial charge in [0.25, 0.3) is 0 Å². The molecule has 1 aliphatic carbocycles. The van der Waals surface area contributed by atoms with Gasteiger partial charge in [-0.2, -0.15) is 0 Å². The fourth-order valence-corrected chi connectivity index (χ4v) is 2.36. The first-order chi connectivity index (χ1) is 8.53. The van der Waals surface area contributed by atoms with E-state index in [1.54, 1.807) is 0 Å². The van der Waals surface area contributed by atoms with E-state index in [4.69, 9.17) is 5.11 Å². The average Bonchev–Trinajstić information content (AvgIpc) is 2.27. The largest absolute Gasteiger partial charge is 0.480 e. The molecule has 0 aromatic carbocycles. The molecule has 0 bridgehead atoms. The molecule has 0 radical (unpaired) electrons. The summed E-state index contributed by atoms with van der Waals surface area (Å²) in [5.41, 5.74) is 0.251. The molecule has 1 rings (SSSR count). The highest BCUT2D eigenvalue weighted by Gasteiger charge is 2.35. The molecule has 0 heterocycles. The Morgan fingerprint density at radius 2 is 2.00 bits per heavy atom. The summed E-state index contributed by atoms with van der Waals surface area (Å²) in [4.78, 5) is 22.6. The number of amides is 2. The third-order valence-corrected chi connectivity index (χ3v) is 3.97. The lowest BCUT2D eigenvalue weighted by atomic mass is 9.67. The maximum Gasteiger partial charge on any atom is 0.326 e. The Kier molecular flexibility index (Phi) is 5.44. The minimum atomic E-state index is -0.971. The molecule has 18 heavy (non-hydrogen) atoms. The Morgan fingerprint density at radius 1 is 1.33 bits per heavy atom. The molecule has 1 fully saturated rings. The molecule has 0 saturated heterocycles. The van der Waals surface area contributed by atoms with Gasteiger partial charge in [-0.05, 0) is 31.1 Å². The summed E-state index contributed by atoms with van der Waals surface area (Å²) in [6, 6.07) is -1.15. The average molecular weight is 256 g/mol. The van der Waals surface area contributed by atoms with Crippen LogP contribution in [0.1, 0.15) is 52.4 Å². The number of carbonyl (C=O) groups excluding carboxylic acids is 1. The van der Waals surface area contributed by atoms with Crippen LogP contribution in [0.4, 0.5) is 4.79 Å². The van der Waals surface area contributed by atoms with Crippen molar-refractivity contribution in [3.8, 4) is 0 Å². The summed E-state index contributed by atoms with van der Waals surface area (Å²) in [6.45, 7) is 4.68. The number of rotatable bonds is 7. The minimum absolute atomic E-state index is 0.251. The van der Waals surface area contributed by atoms with Crippen LogP contribution in [-0.4, -0.2) is 29.7 Å². The normalized spacial score (nSPS) is 18.6. The fraction of sp³-hybridized carbons (Fsp3) is 0.846. The summed E-state index contributed by atoms with van der Waals surface area (Å²) in [7, 11) is 0. The smallest absolute Gasteiger partial charge is 0.326 e. The lowest BCUT2D eigenvalue weighted by Gasteiger charge is -2.41. The van der Waals surface area contributed by atoms with Crippen LogP contribution in [-0.2, 0) is 4.79 Å². The van der Waals surface area contributed by atoms with Crippen LogP contribution in [0.5, 0.6) is 0 Å². The summed E-state index contributed by atoms with van der Waals surface area (Å²) in [5, 5.41) is 14.3.